The highest BCUT2D eigenvalue weighted by molar-refractivity contribution is 7.98. The molecule has 0 aromatic carbocycles. The molecule has 2 rings (SSSR count). The van der Waals surface area contributed by atoms with Gasteiger partial charge in [0.2, 0.25) is 0 Å². The summed E-state index contributed by atoms with van der Waals surface area (Å²) in [7, 11) is 1.84. The van der Waals surface area contributed by atoms with Crippen LogP contribution in [0.15, 0.2) is 22.0 Å². The van der Waals surface area contributed by atoms with Gasteiger partial charge in [-0.15, -0.1) is 0 Å². The fourth-order valence-electron chi connectivity index (χ4n) is 1.35. The molecule has 0 bridgehead atoms. The number of hydrogen-bond donors (Lipinski definition) is 1. The highest BCUT2D eigenvalue weighted by Crippen LogP contribution is 2.21. The molecule has 0 spiro atoms. The Kier molecular flexibility index (Phi) is 3.63. The quantitative estimate of drug-likeness (QED) is 0.841. The lowest BCUT2D eigenvalue weighted by Crippen LogP contribution is -2.00. The first-order valence-corrected chi connectivity index (χ1v) is 6.23. The van der Waals surface area contributed by atoms with Gasteiger partial charge in [0.05, 0.1) is 11.4 Å². The van der Waals surface area contributed by atoms with E-state index >= 15 is 0 Å². The van der Waals surface area contributed by atoms with Crippen molar-refractivity contribution in [1.82, 2.24) is 15.0 Å². The van der Waals surface area contributed by atoms with Crippen molar-refractivity contribution in [2.75, 3.05) is 12.4 Å². The van der Waals surface area contributed by atoms with Crippen molar-refractivity contribution >= 4 is 17.6 Å². The third kappa shape index (κ3) is 3.20. The summed E-state index contributed by atoms with van der Waals surface area (Å²) in [4.78, 5) is 12.9. The molecule has 0 aliphatic heterocycles. The molecule has 0 aliphatic rings. The number of aromatic nitrogens is 3. The molecule has 2 heterocycles. The van der Waals surface area contributed by atoms with Crippen LogP contribution >= 0.6 is 11.8 Å². The van der Waals surface area contributed by atoms with Crippen LogP contribution in [0.2, 0.25) is 0 Å². The predicted molar refractivity (Wildman–Crippen MR) is 67.1 cm³/mol. The molecule has 17 heavy (non-hydrogen) atoms. The van der Waals surface area contributed by atoms with Crippen molar-refractivity contribution in [1.29, 1.82) is 0 Å². The summed E-state index contributed by atoms with van der Waals surface area (Å²) in [5.74, 6) is 2.25. The van der Waals surface area contributed by atoms with Gasteiger partial charge >= 0.3 is 0 Å². The summed E-state index contributed by atoms with van der Waals surface area (Å²) >= 11 is 1.49. The van der Waals surface area contributed by atoms with Crippen LogP contribution in [0.4, 0.5) is 5.82 Å². The van der Waals surface area contributed by atoms with E-state index in [9.17, 15) is 0 Å². The summed E-state index contributed by atoms with van der Waals surface area (Å²) in [5, 5.41) is 3.66. The minimum atomic E-state index is 0.649. The molecule has 6 heteroatoms. The molecular weight excluding hydrogens is 236 g/mol. The number of thioether (sulfide) groups is 1. The van der Waals surface area contributed by atoms with Gasteiger partial charge in [0, 0.05) is 18.8 Å². The Morgan fingerprint density at radius 1 is 1.24 bits per heavy atom. The third-order valence-corrected chi connectivity index (χ3v) is 2.92. The smallest absolute Gasteiger partial charge is 0.256 e. The second kappa shape index (κ2) is 5.18. The van der Waals surface area contributed by atoms with Crippen molar-refractivity contribution < 1.29 is 4.42 Å². The summed E-state index contributed by atoms with van der Waals surface area (Å²) < 4.78 is 5.25. The Morgan fingerprint density at radius 2 is 2.06 bits per heavy atom. The Labute approximate surface area is 104 Å². The normalized spacial score (nSPS) is 10.5. The topological polar surface area (TPSA) is 63.8 Å². The first-order chi connectivity index (χ1) is 8.17. The van der Waals surface area contributed by atoms with Crippen LogP contribution in [-0.2, 0) is 5.75 Å². The van der Waals surface area contributed by atoms with Crippen molar-refractivity contribution in [2.45, 2.75) is 24.8 Å². The lowest BCUT2D eigenvalue weighted by Gasteiger charge is -2.03. The number of oxazole rings is 1. The number of nitrogens with one attached hydrogen (secondary N) is 1. The zero-order valence-corrected chi connectivity index (χ0v) is 10.8. The Morgan fingerprint density at radius 3 is 2.71 bits per heavy atom. The van der Waals surface area contributed by atoms with Gasteiger partial charge < -0.3 is 9.73 Å². The minimum absolute atomic E-state index is 0.649. The standard InChI is InChI=1S/C11H14N4OS/c1-7-4-9(12-3)15-10(13-7)6-17-11-14-8(2)5-16-11/h4-5H,6H2,1-3H3,(H,12,13,15). The molecule has 5 nitrogen and oxygen atoms in total. The average Bonchev–Trinajstić information content (AvgIpc) is 2.72. The second-order valence-electron chi connectivity index (χ2n) is 3.60. The van der Waals surface area contributed by atoms with Crippen LogP contribution in [0.5, 0.6) is 0 Å². The number of nitrogens with zero attached hydrogens (tertiary/aromatic N) is 3. The summed E-state index contributed by atoms with van der Waals surface area (Å²) in [6.07, 6.45) is 1.64. The Hall–Kier alpha value is -1.56. The maximum absolute atomic E-state index is 5.25. The van der Waals surface area contributed by atoms with Gasteiger partial charge in [0.1, 0.15) is 17.9 Å². The van der Waals surface area contributed by atoms with Crippen LogP contribution in [0.1, 0.15) is 17.2 Å². The van der Waals surface area contributed by atoms with E-state index in [0.717, 1.165) is 23.0 Å². The van der Waals surface area contributed by atoms with Gasteiger partial charge in [-0.05, 0) is 13.8 Å². The van der Waals surface area contributed by atoms with Crippen LogP contribution in [0.3, 0.4) is 0 Å². The van der Waals surface area contributed by atoms with Gasteiger partial charge in [-0.3, -0.25) is 0 Å². The fourth-order valence-corrected chi connectivity index (χ4v) is 2.05. The zero-order chi connectivity index (χ0) is 12.3. The van der Waals surface area contributed by atoms with E-state index in [-0.39, 0.29) is 0 Å². The lowest BCUT2D eigenvalue weighted by molar-refractivity contribution is 0.454. The van der Waals surface area contributed by atoms with Crippen molar-refractivity contribution in [2.24, 2.45) is 0 Å². The number of aryl methyl sites for hydroxylation is 2. The van der Waals surface area contributed by atoms with E-state index in [2.05, 4.69) is 20.3 Å². The maximum atomic E-state index is 5.25. The highest BCUT2D eigenvalue weighted by Gasteiger charge is 2.05. The van der Waals surface area contributed by atoms with Gasteiger partial charge in [-0.2, -0.15) is 0 Å². The average molecular weight is 250 g/mol. The molecule has 0 aliphatic carbocycles. The van der Waals surface area contributed by atoms with E-state index in [1.54, 1.807) is 6.26 Å². The van der Waals surface area contributed by atoms with Crippen molar-refractivity contribution in [3.05, 3.63) is 29.5 Å². The molecule has 0 saturated carbocycles. The van der Waals surface area contributed by atoms with Gasteiger partial charge in [-0.1, -0.05) is 11.8 Å². The van der Waals surface area contributed by atoms with Crippen LogP contribution < -0.4 is 5.32 Å². The molecule has 0 amide bonds. The molecular formula is C11H14N4OS. The third-order valence-electron chi connectivity index (χ3n) is 2.08. The van der Waals surface area contributed by atoms with Crippen LogP contribution in [0.25, 0.3) is 0 Å². The SMILES string of the molecule is CNc1cc(C)nc(CSc2nc(C)co2)n1. The van der Waals surface area contributed by atoms with Crippen LogP contribution in [-0.4, -0.2) is 22.0 Å². The van der Waals surface area contributed by atoms with E-state index in [4.69, 9.17) is 4.42 Å². The Bertz CT molecular complexity index is 512. The van der Waals surface area contributed by atoms with Crippen molar-refractivity contribution in [3.8, 4) is 0 Å². The number of anilines is 1. The van der Waals surface area contributed by atoms with Gasteiger partial charge in [0.25, 0.3) is 5.22 Å². The lowest BCUT2D eigenvalue weighted by atomic mass is 10.4. The Balaban J connectivity index is 2.05. The summed E-state index contributed by atoms with van der Waals surface area (Å²) in [5.41, 5.74) is 1.83. The van der Waals surface area contributed by atoms with Gasteiger partial charge in [0.15, 0.2) is 0 Å². The van der Waals surface area contributed by atoms with Crippen molar-refractivity contribution in [3.63, 3.8) is 0 Å². The molecule has 2 aromatic rings. The molecule has 90 valence electrons. The highest BCUT2D eigenvalue weighted by atomic mass is 32.2. The maximum Gasteiger partial charge on any atom is 0.256 e. The zero-order valence-electron chi connectivity index (χ0n) is 10.0. The minimum Gasteiger partial charge on any atom is -0.440 e. The van der Waals surface area contributed by atoms with E-state index in [1.807, 2.05) is 27.0 Å². The van der Waals surface area contributed by atoms with E-state index < -0.39 is 0 Å². The summed E-state index contributed by atoms with van der Waals surface area (Å²) in [6.45, 7) is 3.85. The van der Waals surface area contributed by atoms with Gasteiger partial charge in [-0.25, -0.2) is 15.0 Å². The number of hydrogen-bond acceptors (Lipinski definition) is 6. The number of rotatable bonds is 4. The first kappa shape index (κ1) is 11.9. The molecule has 0 atom stereocenters. The second-order valence-corrected chi connectivity index (χ2v) is 4.53. The molecule has 0 radical (unpaired) electrons. The van der Waals surface area contributed by atoms with Crippen LogP contribution in [0, 0.1) is 13.8 Å². The van der Waals surface area contributed by atoms with E-state index in [0.29, 0.717) is 11.0 Å². The first-order valence-electron chi connectivity index (χ1n) is 5.24. The molecule has 0 saturated heterocycles. The molecule has 1 N–H and O–H groups in total. The van der Waals surface area contributed by atoms with E-state index in [1.165, 1.54) is 11.8 Å². The molecule has 0 fully saturated rings. The molecule has 0 unspecified atom stereocenters. The summed E-state index contributed by atoms with van der Waals surface area (Å²) in [6, 6.07) is 1.91. The molecule has 2 aromatic heterocycles. The largest absolute Gasteiger partial charge is 0.440 e. The monoisotopic (exact) mass is 250 g/mol. The predicted octanol–water partition coefficient (Wildman–Crippen LogP) is 2.42. The fraction of sp³-hybridized carbons (Fsp3) is 0.364.